The molecule has 3 aromatic carbocycles. The number of hydrogen-bond donors (Lipinski definition) is 3. The van der Waals surface area contributed by atoms with Crippen molar-refractivity contribution in [2.45, 2.75) is 55.6 Å². The molecule has 52 heavy (non-hydrogen) atoms. The summed E-state index contributed by atoms with van der Waals surface area (Å²) >= 11 is 0. The number of fused-ring (bicyclic) bond motifs is 4. The molecule has 3 saturated heterocycles. The van der Waals surface area contributed by atoms with E-state index in [4.69, 9.17) is 24.2 Å². The zero-order chi connectivity index (χ0) is 36.5. The number of nitrogens with zero attached hydrogens (tertiary/aromatic N) is 2. The zero-order valence-corrected chi connectivity index (χ0v) is 29.0. The van der Waals surface area contributed by atoms with E-state index in [0.29, 0.717) is 0 Å². The molecule has 3 heterocycles. The maximum Gasteiger partial charge on any atom is 0.327 e. The van der Waals surface area contributed by atoms with Crippen molar-refractivity contribution in [3.8, 4) is 0 Å². The van der Waals surface area contributed by atoms with E-state index in [2.05, 4.69) is 10.6 Å². The number of esters is 1. The number of aliphatic hydroxyl groups excluding tert-OH is 1. The topological polar surface area (TPSA) is 156 Å². The number of benzene rings is 3. The number of ether oxygens (including phenoxy) is 3. The van der Waals surface area contributed by atoms with Gasteiger partial charge < -0.3 is 34.9 Å². The van der Waals surface area contributed by atoms with E-state index in [-0.39, 0.29) is 50.9 Å². The molecule has 272 valence electrons. The second-order valence-corrected chi connectivity index (χ2v) is 13.6. The van der Waals surface area contributed by atoms with Crippen LogP contribution in [0.5, 0.6) is 0 Å². The monoisotopic (exact) mass is 710 g/mol. The molecule has 13 nitrogen and oxygen atoms in total. The number of nitrogens with one attached hydrogen (secondary N) is 2. The predicted molar refractivity (Wildman–Crippen MR) is 186 cm³/mol. The first-order valence-electron chi connectivity index (χ1n) is 17.4. The Morgan fingerprint density at radius 2 is 1.56 bits per heavy atom. The van der Waals surface area contributed by atoms with Crippen molar-refractivity contribution in [1.82, 2.24) is 20.6 Å². The molecular weight excluding hydrogens is 668 g/mol. The van der Waals surface area contributed by atoms with Gasteiger partial charge in [-0.3, -0.25) is 24.0 Å². The fourth-order valence-electron chi connectivity index (χ4n) is 7.66. The third-order valence-corrected chi connectivity index (χ3v) is 10.1. The molecule has 1 saturated carbocycles. The molecule has 3 N–H and O–H groups in total. The molecule has 4 aliphatic rings. The maximum absolute atomic E-state index is 14.5. The van der Waals surface area contributed by atoms with E-state index < -0.39 is 53.5 Å². The van der Waals surface area contributed by atoms with Gasteiger partial charge in [-0.15, -0.1) is 0 Å². The van der Waals surface area contributed by atoms with Crippen molar-refractivity contribution < 1.29 is 43.3 Å². The van der Waals surface area contributed by atoms with Gasteiger partial charge >= 0.3 is 5.97 Å². The molecule has 0 radical (unpaired) electrons. The number of hydroxylamine groups is 2. The van der Waals surface area contributed by atoms with E-state index in [0.717, 1.165) is 22.3 Å². The van der Waals surface area contributed by atoms with Gasteiger partial charge in [-0.1, -0.05) is 84.9 Å². The molecule has 13 heteroatoms. The summed E-state index contributed by atoms with van der Waals surface area (Å²) in [5.41, 5.74) is 1.63. The number of likely N-dealkylation sites (N-methyl/N-ethyl adjacent to an activating group) is 1. The summed E-state index contributed by atoms with van der Waals surface area (Å²) in [7, 11) is 3.36. The Bertz CT molecular complexity index is 1780. The molecule has 0 spiro atoms. The van der Waals surface area contributed by atoms with Crippen LogP contribution in [0.4, 0.5) is 0 Å². The van der Waals surface area contributed by atoms with Crippen molar-refractivity contribution in [1.29, 1.82) is 0 Å². The first-order chi connectivity index (χ1) is 25.2. The number of carbonyl (C=O) groups excluding carboxylic acids is 4. The van der Waals surface area contributed by atoms with Crippen molar-refractivity contribution in [2.75, 3.05) is 33.8 Å². The Labute approximate surface area is 301 Å². The molecule has 3 aliphatic heterocycles. The molecule has 2 bridgehead atoms. The zero-order valence-electron chi connectivity index (χ0n) is 29.0. The van der Waals surface area contributed by atoms with Crippen LogP contribution >= 0.6 is 0 Å². The highest BCUT2D eigenvalue weighted by atomic mass is 16.8. The second kappa shape index (κ2) is 14.6. The van der Waals surface area contributed by atoms with Crippen molar-refractivity contribution >= 4 is 29.8 Å². The van der Waals surface area contributed by atoms with Crippen LogP contribution in [0, 0.1) is 5.41 Å². The van der Waals surface area contributed by atoms with Crippen molar-refractivity contribution in [2.24, 2.45) is 5.41 Å². The molecule has 6 atom stereocenters. The van der Waals surface area contributed by atoms with E-state index in [1.165, 1.54) is 16.0 Å². The Morgan fingerprint density at radius 1 is 0.904 bits per heavy atom. The van der Waals surface area contributed by atoms with E-state index in [1.54, 1.807) is 20.2 Å². The van der Waals surface area contributed by atoms with Gasteiger partial charge in [0.1, 0.15) is 29.8 Å². The van der Waals surface area contributed by atoms with Crippen LogP contribution in [0.3, 0.4) is 0 Å². The Morgan fingerprint density at radius 3 is 2.19 bits per heavy atom. The standard InChI is InChI=1S/C39H42N4O9/c1-42(2)31(46)18-17-25-13-15-26(16-14-25)24-43-34-36(47)49-29-23-38(34,37(48)41-20-19-30(45)40-21-22-44)35(52-43)33-32(29)50-39(51-33,27-9-5-3-6-10-27)28-11-7-4-8-12-28/h3-18,29,32-35,44H,19-24H2,1-2H3,(H,40,45)(H,41,48)/t29-,32-,33-,34-,35+,38-/m0/s1. The lowest BCUT2D eigenvalue weighted by molar-refractivity contribution is -0.213. The molecule has 0 aromatic heterocycles. The fourth-order valence-corrected chi connectivity index (χ4v) is 7.66. The van der Waals surface area contributed by atoms with Crippen LogP contribution in [0.15, 0.2) is 91.0 Å². The molecular formula is C39H42N4O9. The van der Waals surface area contributed by atoms with Gasteiger partial charge in [0.25, 0.3) is 0 Å². The SMILES string of the molecule is CN(C)C(=O)C=Cc1ccc(CN2O[C@@H]3[C@H]4OC(c5ccccc5)(c5ccccc5)O[C@H]4[C@@H]4C[C@]3(C(=O)NCCC(=O)NCCO)[C@@H]2C(=O)O4)cc1. The van der Waals surface area contributed by atoms with E-state index in [9.17, 15) is 19.2 Å². The summed E-state index contributed by atoms with van der Waals surface area (Å²) in [5, 5.41) is 16.1. The highest BCUT2D eigenvalue weighted by molar-refractivity contribution is 5.94. The van der Waals surface area contributed by atoms with Crippen LogP contribution in [0.1, 0.15) is 35.1 Å². The quantitative estimate of drug-likeness (QED) is 0.188. The first-order valence-corrected chi connectivity index (χ1v) is 17.4. The van der Waals surface area contributed by atoms with Crippen LogP contribution in [0.25, 0.3) is 6.08 Å². The van der Waals surface area contributed by atoms with Crippen molar-refractivity contribution in [3.05, 3.63) is 113 Å². The number of rotatable bonds is 12. The normalized spacial score (nSPS) is 27.1. The molecule has 3 amide bonds. The van der Waals surface area contributed by atoms with Gasteiger partial charge in [0.05, 0.1) is 13.2 Å². The Kier molecular flexibility index (Phi) is 9.96. The lowest BCUT2D eigenvalue weighted by atomic mass is 9.62. The van der Waals surface area contributed by atoms with Gasteiger partial charge in [0.2, 0.25) is 23.5 Å². The van der Waals surface area contributed by atoms with Gasteiger partial charge in [-0.25, -0.2) is 0 Å². The smallest absolute Gasteiger partial charge is 0.327 e. The Balaban J connectivity index is 1.22. The van der Waals surface area contributed by atoms with Crippen LogP contribution in [-0.4, -0.2) is 103 Å². The van der Waals surface area contributed by atoms with Gasteiger partial charge in [0, 0.05) is 57.2 Å². The summed E-state index contributed by atoms with van der Waals surface area (Å²) in [6, 6.07) is 25.3. The third-order valence-electron chi connectivity index (χ3n) is 10.1. The molecule has 3 aromatic rings. The predicted octanol–water partition coefficient (Wildman–Crippen LogP) is 1.89. The minimum Gasteiger partial charge on any atom is -0.458 e. The minimum absolute atomic E-state index is 0.00568. The maximum atomic E-state index is 14.5. The number of carbonyl (C=O) groups is 4. The molecule has 7 rings (SSSR count). The largest absolute Gasteiger partial charge is 0.458 e. The lowest BCUT2D eigenvalue weighted by Gasteiger charge is -2.48. The highest BCUT2D eigenvalue weighted by Crippen LogP contribution is 2.59. The van der Waals surface area contributed by atoms with E-state index in [1.807, 2.05) is 84.9 Å². The van der Waals surface area contributed by atoms with Gasteiger partial charge in [-0.2, -0.15) is 5.06 Å². The lowest BCUT2D eigenvalue weighted by Crippen LogP contribution is -2.69. The molecule has 4 fully saturated rings. The first kappa shape index (κ1) is 35.5. The van der Waals surface area contributed by atoms with Crippen LogP contribution < -0.4 is 10.6 Å². The highest BCUT2D eigenvalue weighted by Gasteiger charge is 2.76. The number of hydrogen-bond acceptors (Lipinski definition) is 10. The van der Waals surface area contributed by atoms with Crippen LogP contribution in [0.2, 0.25) is 0 Å². The number of aliphatic hydroxyl groups is 1. The average molecular weight is 711 g/mol. The summed E-state index contributed by atoms with van der Waals surface area (Å²) in [5.74, 6) is -2.92. The molecule has 0 unspecified atom stereocenters. The summed E-state index contributed by atoms with van der Waals surface area (Å²) in [6.45, 7) is 0.0508. The van der Waals surface area contributed by atoms with Gasteiger partial charge in [-0.05, 0) is 17.2 Å². The summed E-state index contributed by atoms with van der Waals surface area (Å²) in [4.78, 5) is 61.1. The van der Waals surface area contributed by atoms with E-state index >= 15 is 0 Å². The van der Waals surface area contributed by atoms with Crippen molar-refractivity contribution in [3.63, 3.8) is 0 Å². The summed E-state index contributed by atoms with van der Waals surface area (Å²) < 4.78 is 20.0. The third kappa shape index (κ3) is 6.39. The summed E-state index contributed by atoms with van der Waals surface area (Å²) in [6.07, 6.45) is -0.0779. The number of amides is 3. The minimum atomic E-state index is -1.44. The van der Waals surface area contributed by atoms with Gasteiger partial charge in [0.15, 0.2) is 6.04 Å². The fraction of sp³-hybridized carbons (Fsp3) is 0.385. The second-order valence-electron chi connectivity index (χ2n) is 13.6. The average Bonchev–Trinajstić information content (AvgIpc) is 3.74. The van der Waals surface area contributed by atoms with Crippen LogP contribution in [-0.2, 0) is 50.6 Å². The molecule has 1 aliphatic carbocycles. The Hall–Kier alpha value is -4.92.